The van der Waals surface area contributed by atoms with E-state index in [1.165, 1.54) is 22.5 Å². The molecule has 4 rings (SSSR count). The number of aryl methyl sites for hydroxylation is 3. The maximum atomic E-state index is 14.6. The Hall–Kier alpha value is -2.73. The summed E-state index contributed by atoms with van der Waals surface area (Å²) in [6, 6.07) is 15.7. The molecule has 0 N–H and O–H groups in total. The van der Waals surface area contributed by atoms with Crippen LogP contribution in [0.15, 0.2) is 65.6 Å². The van der Waals surface area contributed by atoms with Gasteiger partial charge in [0.05, 0.1) is 10.6 Å². The average Bonchev–Trinajstić information content (AvgIpc) is 2.73. The Kier molecular flexibility index (Phi) is 6.08. The van der Waals surface area contributed by atoms with Gasteiger partial charge in [0.15, 0.2) is 0 Å². The summed E-state index contributed by atoms with van der Waals surface area (Å²) in [4.78, 5) is 0.166. The van der Waals surface area contributed by atoms with E-state index in [4.69, 9.17) is 0 Å². The van der Waals surface area contributed by atoms with Crippen LogP contribution < -0.4 is 4.31 Å². The molecule has 0 aliphatic carbocycles. The monoisotopic (exact) mass is 455 g/mol. The van der Waals surface area contributed by atoms with E-state index in [1.807, 2.05) is 26.8 Å². The maximum absolute atomic E-state index is 14.6. The van der Waals surface area contributed by atoms with Crippen molar-refractivity contribution in [2.45, 2.75) is 56.9 Å². The third-order valence-electron chi connectivity index (χ3n) is 6.25. The highest BCUT2D eigenvalue weighted by Crippen LogP contribution is 2.39. The van der Waals surface area contributed by atoms with Gasteiger partial charge in [0.1, 0.15) is 11.6 Å². The summed E-state index contributed by atoms with van der Waals surface area (Å²) in [5, 5.41) is 0. The molecular weight excluding hydrogens is 428 g/mol. The van der Waals surface area contributed by atoms with Crippen LogP contribution in [0, 0.1) is 25.5 Å². The van der Waals surface area contributed by atoms with Crippen molar-refractivity contribution in [2.24, 2.45) is 0 Å². The van der Waals surface area contributed by atoms with Gasteiger partial charge >= 0.3 is 0 Å². The van der Waals surface area contributed by atoms with Gasteiger partial charge in [0.2, 0.25) is 0 Å². The standard InChI is InChI=1S/C26H27F2NO2S/c1-17-4-11-23(12-5-17)32(30,31)29-22(10-8-20-7-9-21(27)16-26(20)29)15-19(3)24-13-6-18(2)14-25(24)28/h4-7,9,11-14,16,19,22H,8,10,15H2,1-3H3. The Morgan fingerprint density at radius 3 is 2.34 bits per heavy atom. The Labute approximate surface area is 188 Å². The number of hydrogen-bond acceptors (Lipinski definition) is 2. The first-order valence-electron chi connectivity index (χ1n) is 10.8. The molecule has 0 fully saturated rings. The molecule has 32 heavy (non-hydrogen) atoms. The molecule has 0 bridgehead atoms. The molecule has 0 saturated carbocycles. The first-order chi connectivity index (χ1) is 15.2. The molecule has 1 aliphatic heterocycles. The number of benzene rings is 3. The molecule has 2 atom stereocenters. The van der Waals surface area contributed by atoms with E-state index < -0.39 is 21.9 Å². The molecule has 0 saturated heterocycles. The normalized spacial score (nSPS) is 17.2. The molecule has 0 aromatic heterocycles. The predicted molar refractivity (Wildman–Crippen MR) is 124 cm³/mol. The van der Waals surface area contributed by atoms with Crippen LogP contribution in [0.1, 0.15) is 47.9 Å². The zero-order valence-electron chi connectivity index (χ0n) is 18.5. The summed E-state index contributed by atoms with van der Waals surface area (Å²) in [5.74, 6) is -0.967. The van der Waals surface area contributed by atoms with Gasteiger partial charge in [0, 0.05) is 6.04 Å². The van der Waals surface area contributed by atoms with E-state index in [2.05, 4.69) is 0 Å². The Morgan fingerprint density at radius 2 is 1.66 bits per heavy atom. The summed E-state index contributed by atoms with van der Waals surface area (Å²) in [6.07, 6.45) is 1.66. The summed E-state index contributed by atoms with van der Waals surface area (Å²) in [5.41, 5.74) is 3.53. The molecular formula is C26H27F2NO2S. The molecule has 0 spiro atoms. The quantitative estimate of drug-likeness (QED) is 0.454. The van der Waals surface area contributed by atoms with Gasteiger partial charge < -0.3 is 0 Å². The van der Waals surface area contributed by atoms with Gasteiger partial charge in [0.25, 0.3) is 10.0 Å². The number of rotatable bonds is 5. The molecule has 3 aromatic carbocycles. The largest absolute Gasteiger partial charge is 0.264 e. The molecule has 1 heterocycles. The fourth-order valence-electron chi connectivity index (χ4n) is 4.52. The second-order valence-electron chi connectivity index (χ2n) is 8.74. The summed E-state index contributed by atoms with van der Waals surface area (Å²) in [6.45, 7) is 5.63. The second-order valence-corrected chi connectivity index (χ2v) is 10.6. The topological polar surface area (TPSA) is 37.4 Å². The van der Waals surface area contributed by atoms with Crippen LogP contribution in [-0.4, -0.2) is 14.5 Å². The highest BCUT2D eigenvalue weighted by atomic mass is 32.2. The van der Waals surface area contributed by atoms with Crippen molar-refractivity contribution in [1.82, 2.24) is 0 Å². The predicted octanol–water partition coefficient (Wildman–Crippen LogP) is 6.29. The minimum Gasteiger partial charge on any atom is -0.263 e. The van der Waals surface area contributed by atoms with Crippen LogP contribution in [0.5, 0.6) is 0 Å². The zero-order chi connectivity index (χ0) is 23.0. The third kappa shape index (κ3) is 4.29. The molecule has 2 unspecified atom stereocenters. The van der Waals surface area contributed by atoms with E-state index in [0.29, 0.717) is 30.5 Å². The zero-order valence-corrected chi connectivity index (χ0v) is 19.3. The van der Waals surface area contributed by atoms with Gasteiger partial charge in [-0.2, -0.15) is 0 Å². The van der Waals surface area contributed by atoms with Crippen molar-refractivity contribution in [2.75, 3.05) is 4.31 Å². The van der Waals surface area contributed by atoms with Gasteiger partial charge in [-0.05, 0) is 86.1 Å². The molecule has 3 nitrogen and oxygen atoms in total. The van der Waals surface area contributed by atoms with E-state index in [0.717, 1.165) is 16.7 Å². The number of hydrogen-bond donors (Lipinski definition) is 0. The number of halogens is 2. The third-order valence-corrected chi connectivity index (χ3v) is 8.13. The maximum Gasteiger partial charge on any atom is 0.264 e. The number of fused-ring (bicyclic) bond motifs is 1. The lowest BCUT2D eigenvalue weighted by Crippen LogP contribution is -2.44. The van der Waals surface area contributed by atoms with E-state index in [9.17, 15) is 17.2 Å². The van der Waals surface area contributed by atoms with Gasteiger partial charge in [-0.15, -0.1) is 0 Å². The van der Waals surface area contributed by atoms with Crippen molar-refractivity contribution < 1.29 is 17.2 Å². The van der Waals surface area contributed by atoms with Crippen LogP contribution in [0.4, 0.5) is 14.5 Å². The highest BCUT2D eigenvalue weighted by Gasteiger charge is 2.37. The lowest BCUT2D eigenvalue weighted by molar-refractivity contribution is 0.481. The number of nitrogens with zero attached hydrogens (tertiary/aromatic N) is 1. The Balaban J connectivity index is 1.76. The van der Waals surface area contributed by atoms with Crippen molar-refractivity contribution in [1.29, 1.82) is 0 Å². The van der Waals surface area contributed by atoms with Crippen molar-refractivity contribution in [3.8, 4) is 0 Å². The Bertz CT molecular complexity index is 1240. The molecule has 6 heteroatoms. The van der Waals surface area contributed by atoms with Crippen LogP contribution in [-0.2, 0) is 16.4 Å². The average molecular weight is 456 g/mol. The molecule has 0 amide bonds. The lowest BCUT2D eigenvalue weighted by Gasteiger charge is -2.39. The molecule has 3 aromatic rings. The summed E-state index contributed by atoms with van der Waals surface area (Å²) < 4.78 is 57.6. The smallest absolute Gasteiger partial charge is 0.263 e. The van der Waals surface area contributed by atoms with Crippen molar-refractivity contribution in [3.63, 3.8) is 0 Å². The molecule has 168 valence electrons. The number of anilines is 1. The van der Waals surface area contributed by atoms with E-state index >= 15 is 0 Å². The number of sulfonamides is 1. The van der Waals surface area contributed by atoms with Crippen LogP contribution >= 0.6 is 0 Å². The lowest BCUT2D eigenvalue weighted by atomic mass is 9.88. The Morgan fingerprint density at radius 1 is 0.969 bits per heavy atom. The summed E-state index contributed by atoms with van der Waals surface area (Å²) >= 11 is 0. The van der Waals surface area contributed by atoms with Crippen LogP contribution in [0.3, 0.4) is 0 Å². The minimum absolute atomic E-state index is 0.166. The van der Waals surface area contributed by atoms with Crippen molar-refractivity contribution >= 4 is 15.7 Å². The first-order valence-corrected chi connectivity index (χ1v) is 12.3. The fourth-order valence-corrected chi connectivity index (χ4v) is 6.24. The van der Waals surface area contributed by atoms with Gasteiger partial charge in [-0.25, -0.2) is 17.2 Å². The van der Waals surface area contributed by atoms with E-state index in [1.54, 1.807) is 36.4 Å². The van der Waals surface area contributed by atoms with Crippen molar-refractivity contribution in [3.05, 3.63) is 94.6 Å². The summed E-state index contributed by atoms with van der Waals surface area (Å²) in [7, 11) is -3.93. The van der Waals surface area contributed by atoms with E-state index in [-0.39, 0.29) is 16.6 Å². The molecule has 0 radical (unpaired) electrons. The van der Waals surface area contributed by atoms with Crippen LogP contribution in [0.25, 0.3) is 0 Å². The fraction of sp³-hybridized carbons (Fsp3) is 0.308. The second kappa shape index (κ2) is 8.66. The first kappa shape index (κ1) is 22.5. The highest BCUT2D eigenvalue weighted by molar-refractivity contribution is 7.92. The molecule has 1 aliphatic rings. The van der Waals surface area contributed by atoms with Gasteiger partial charge in [-0.1, -0.05) is 42.8 Å². The van der Waals surface area contributed by atoms with Gasteiger partial charge in [-0.3, -0.25) is 4.31 Å². The minimum atomic E-state index is -3.93. The van der Waals surface area contributed by atoms with Crippen LogP contribution in [0.2, 0.25) is 0 Å². The SMILES string of the molecule is Cc1ccc(S(=O)(=O)N2c3cc(F)ccc3CCC2CC(C)c2ccc(C)cc2F)cc1.